The Bertz CT molecular complexity index is 901. The summed E-state index contributed by atoms with van der Waals surface area (Å²) in [6, 6.07) is 0.199. The molecule has 0 atom stereocenters. The van der Waals surface area contributed by atoms with E-state index in [4.69, 9.17) is 15.6 Å². The molecule has 0 unspecified atom stereocenters. The van der Waals surface area contributed by atoms with Crippen LogP contribution in [-0.4, -0.2) is 61.7 Å². The van der Waals surface area contributed by atoms with Gasteiger partial charge in [0.1, 0.15) is 5.52 Å². The average Bonchev–Trinajstić information content (AvgIpc) is 3.02. The number of rotatable bonds is 11. The second kappa shape index (κ2) is 10.4. The van der Waals surface area contributed by atoms with Crippen molar-refractivity contribution in [2.45, 2.75) is 58.4 Å². The Balaban J connectivity index is 1.52. The van der Waals surface area contributed by atoms with Gasteiger partial charge in [0, 0.05) is 13.0 Å². The van der Waals surface area contributed by atoms with Gasteiger partial charge in [-0.05, 0) is 57.7 Å². The summed E-state index contributed by atoms with van der Waals surface area (Å²) in [6.45, 7) is 5.95. The number of aliphatic carboxylic acids is 1. The number of hydrogen-bond acceptors (Lipinski definition) is 7. The molecule has 30 heavy (non-hydrogen) atoms. The number of carbonyl (C=O) groups is 1. The second-order valence-corrected chi connectivity index (χ2v) is 7.96. The molecule has 0 radical (unpaired) electrons. The number of anilines is 1. The number of nitrogens with zero attached hydrogens (tertiary/aromatic N) is 4. The lowest BCUT2D eigenvalue weighted by Crippen LogP contribution is -2.35. The number of fused-ring (bicyclic) bond motifs is 1. The molecule has 1 aliphatic rings. The number of nitrogens with two attached hydrogens (primary N) is 1. The molecule has 0 spiro atoms. The number of ether oxygens (including phenoxy) is 1. The lowest BCUT2D eigenvalue weighted by molar-refractivity contribution is -0.138. The van der Waals surface area contributed by atoms with Crippen molar-refractivity contribution in [3.8, 4) is 6.01 Å². The molecule has 10 nitrogen and oxygen atoms in total. The van der Waals surface area contributed by atoms with Crippen LogP contribution in [0.1, 0.15) is 51.9 Å². The van der Waals surface area contributed by atoms with Gasteiger partial charge in [0.05, 0.1) is 6.61 Å². The molecular formula is C20H32N6O4. The highest BCUT2D eigenvalue weighted by molar-refractivity contribution is 5.81. The number of aromatic nitrogens is 4. The van der Waals surface area contributed by atoms with Crippen LogP contribution in [0.15, 0.2) is 4.79 Å². The van der Waals surface area contributed by atoms with Crippen molar-refractivity contribution in [2.75, 3.05) is 32.0 Å². The smallest absolute Gasteiger partial charge is 0.327 e. The van der Waals surface area contributed by atoms with E-state index in [-0.39, 0.29) is 23.9 Å². The van der Waals surface area contributed by atoms with Gasteiger partial charge in [-0.25, -0.2) is 4.79 Å². The molecule has 10 heteroatoms. The molecule has 0 saturated carbocycles. The lowest BCUT2D eigenvalue weighted by atomic mass is 9.93. The number of aryl methyl sites for hydroxylation is 1. The number of likely N-dealkylation sites (tertiary alicyclic amines) is 1. The molecule has 4 N–H and O–H groups in total. The Hall–Kier alpha value is -2.62. The lowest BCUT2D eigenvalue weighted by Gasteiger charge is -2.31. The van der Waals surface area contributed by atoms with E-state index in [1.54, 1.807) is 4.57 Å². The van der Waals surface area contributed by atoms with E-state index >= 15 is 0 Å². The monoisotopic (exact) mass is 420 g/mol. The highest BCUT2D eigenvalue weighted by Crippen LogP contribution is 2.21. The van der Waals surface area contributed by atoms with E-state index in [2.05, 4.69) is 26.8 Å². The van der Waals surface area contributed by atoms with Gasteiger partial charge in [-0.1, -0.05) is 13.3 Å². The van der Waals surface area contributed by atoms with Crippen LogP contribution in [0.2, 0.25) is 0 Å². The normalized spacial score (nSPS) is 15.6. The van der Waals surface area contributed by atoms with E-state index in [1.807, 2.05) is 0 Å². The number of carboxylic acids is 1. The third-order valence-electron chi connectivity index (χ3n) is 5.64. The summed E-state index contributed by atoms with van der Waals surface area (Å²) in [5.74, 6) is -0.199. The van der Waals surface area contributed by atoms with Gasteiger partial charge in [0.2, 0.25) is 0 Å². The third-order valence-corrected chi connectivity index (χ3v) is 5.64. The number of aromatic amines is 1. The molecule has 1 saturated heterocycles. The van der Waals surface area contributed by atoms with Gasteiger partial charge in [-0.3, -0.25) is 9.36 Å². The zero-order chi connectivity index (χ0) is 21.5. The number of unbranched alkanes of at least 4 members (excludes halogenated alkanes) is 2. The van der Waals surface area contributed by atoms with Crippen molar-refractivity contribution >= 4 is 23.0 Å². The van der Waals surface area contributed by atoms with Crippen LogP contribution in [0, 0.1) is 5.92 Å². The Morgan fingerprint density at radius 1 is 1.23 bits per heavy atom. The molecule has 0 bridgehead atoms. The Labute approximate surface area is 175 Å². The molecule has 166 valence electrons. The van der Waals surface area contributed by atoms with Crippen LogP contribution in [0.3, 0.4) is 0 Å². The standard InChI is InChI=1S/C20H32N6O4/c1-2-3-12-30-19-23-17(21)16-18(24-19)26(20(29)22-16)9-5-4-8-25-10-6-14(7-11-25)13-15(27)28/h14H,2-13H2,1H3,(H,22,29)(H,27,28)(H2,21,23,24). The van der Waals surface area contributed by atoms with E-state index in [9.17, 15) is 9.59 Å². The maximum atomic E-state index is 12.4. The van der Waals surface area contributed by atoms with E-state index in [0.717, 1.165) is 58.2 Å². The molecule has 0 aliphatic carbocycles. The first kappa shape index (κ1) is 22.1. The predicted octanol–water partition coefficient (Wildman–Crippen LogP) is 1.85. The van der Waals surface area contributed by atoms with Gasteiger partial charge < -0.3 is 25.5 Å². The molecule has 0 amide bonds. The van der Waals surface area contributed by atoms with Crippen LogP contribution < -0.4 is 16.2 Å². The van der Waals surface area contributed by atoms with Gasteiger partial charge in [0.25, 0.3) is 0 Å². The first-order valence-electron chi connectivity index (χ1n) is 10.8. The fourth-order valence-corrected chi connectivity index (χ4v) is 3.88. The maximum Gasteiger partial charge on any atom is 0.327 e. The second-order valence-electron chi connectivity index (χ2n) is 7.96. The summed E-state index contributed by atoms with van der Waals surface area (Å²) in [4.78, 5) is 36.8. The van der Waals surface area contributed by atoms with Crippen molar-refractivity contribution in [3.05, 3.63) is 10.5 Å². The van der Waals surface area contributed by atoms with Gasteiger partial charge in [-0.2, -0.15) is 9.97 Å². The van der Waals surface area contributed by atoms with Crippen molar-refractivity contribution in [1.82, 2.24) is 24.4 Å². The molecule has 0 aromatic carbocycles. The Morgan fingerprint density at radius 2 is 1.97 bits per heavy atom. The van der Waals surface area contributed by atoms with E-state index < -0.39 is 5.97 Å². The fraction of sp³-hybridized carbons (Fsp3) is 0.700. The van der Waals surface area contributed by atoms with Crippen molar-refractivity contribution in [2.24, 2.45) is 5.92 Å². The van der Waals surface area contributed by atoms with Crippen LogP contribution in [0.5, 0.6) is 6.01 Å². The van der Waals surface area contributed by atoms with Gasteiger partial charge in [0.15, 0.2) is 11.5 Å². The average molecular weight is 421 g/mol. The number of H-pyrrole nitrogens is 1. The minimum absolute atomic E-state index is 0.199. The summed E-state index contributed by atoms with van der Waals surface area (Å²) < 4.78 is 7.16. The predicted molar refractivity (Wildman–Crippen MR) is 114 cm³/mol. The minimum atomic E-state index is -0.707. The number of nitrogens with one attached hydrogen (secondary N) is 1. The summed E-state index contributed by atoms with van der Waals surface area (Å²) in [5.41, 5.74) is 6.66. The summed E-state index contributed by atoms with van der Waals surface area (Å²) in [7, 11) is 0. The van der Waals surface area contributed by atoms with Crippen LogP contribution in [0.25, 0.3) is 11.2 Å². The van der Waals surface area contributed by atoms with E-state index in [0.29, 0.717) is 30.2 Å². The molecule has 3 heterocycles. The zero-order valence-corrected chi connectivity index (χ0v) is 17.6. The SMILES string of the molecule is CCCCOc1nc(N)c2[nH]c(=O)n(CCCCN3CCC(CC(=O)O)CC3)c2n1. The van der Waals surface area contributed by atoms with E-state index in [1.165, 1.54) is 0 Å². The van der Waals surface area contributed by atoms with Crippen molar-refractivity contribution in [1.29, 1.82) is 0 Å². The third kappa shape index (κ3) is 5.71. The molecule has 1 fully saturated rings. The quantitative estimate of drug-likeness (QED) is 0.468. The number of nitrogen functional groups attached to an aromatic ring is 1. The number of imidazole rings is 1. The number of hydrogen-bond donors (Lipinski definition) is 3. The van der Waals surface area contributed by atoms with Gasteiger partial charge in [-0.15, -0.1) is 0 Å². The summed E-state index contributed by atoms with van der Waals surface area (Å²) >= 11 is 0. The fourth-order valence-electron chi connectivity index (χ4n) is 3.88. The number of piperidine rings is 1. The van der Waals surface area contributed by atoms with Crippen LogP contribution >= 0.6 is 0 Å². The Kier molecular flexibility index (Phi) is 7.67. The van der Waals surface area contributed by atoms with Crippen LogP contribution in [0.4, 0.5) is 5.82 Å². The maximum absolute atomic E-state index is 12.4. The topological polar surface area (TPSA) is 139 Å². The highest BCUT2D eigenvalue weighted by atomic mass is 16.5. The Morgan fingerprint density at radius 3 is 2.67 bits per heavy atom. The minimum Gasteiger partial charge on any atom is -0.481 e. The summed E-state index contributed by atoms with van der Waals surface area (Å²) in [6.07, 6.45) is 5.82. The van der Waals surface area contributed by atoms with Crippen molar-refractivity contribution < 1.29 is 14.6 Å². The highest BCUT2D eigenvalue weighted by Gasteiger charge is 2.21. The zero-order valence-electron chi connectivity index (χ0n) is 17.6. The van der Waals surface area contributed by atoms with Crippen LogP contribution in [-0.2, 0) is 11.3 Å². The first-order chi connectivity index (χ1) is 14.5. The molecule has 3 rings (SSSR count). The molecule has 2 aromatic rings. The van der Waals surface area contributed by atoms with Gasteiger partial charge >= 0.3 is 17.7 Å². The molecule has 2 aromatic heterocycles. The number of carboxylic acid groups (broad SMARTS) is 1. The first-order valence-corrected chi connectivity index (χ1v) is 10.8. The summed E-state index contributed by atoms with van der Waals surface area (Å²) in [5, 5.41) is 8.91. The molecule has 1 aliphatic heterocycles. The largest absolute Gasteiger partial charge is 0.481 e. The molecular weight excluding hydrogens is 388 g/mol. The van der Waals surface area contributed by atoms with Crippen molar-refractivity contribution in [3.63, 3.8) is 0 Å².